The van der Waals surface area contributed by atoms with Gasteiger partial charge in [-0.3, -0.25) is 4.79 Å². The van der Waals surface area contributed by atoms with Crippen molar-refractivity contribution < 1.29 is 14.0 Å². The van der Waals surface area contributed by atoms with Gasteiger partial charge in [-0.2, -0.15) is 0 Å². The van der Waals surface area contributed by atoms with Crippen LogP contribution in [-0.4, -0.2) is 18.0 Å². The number of nitrogens with one attached hydrogen (secondary N) is 3. The Morgan fingerprint density at radius 1 is 1.15 bits per heavy atom. The molecule has 0 aliphatic heterocycles. The van der Waals surface area contributed by atoms with Crippen LogP contribution in [0.25, 0.3) is 0 Å². The summed E-state index contributed by atoms with van der Waals surface area (Å²) in [6.45, 7) is 4.02. The number of carbonyl (C=O) groups is 2. The van der Waals surface area contributed by atoms with Crippen LogP contribution >= 0.6 is 11.6 Å². The number of benzene rings is 2. The summed E-state index contributed by atoms with van der Waals surface area (Å²) >= 11 is 5.93. The molecule has 0 aliphatic carbocycles. The summed E-state index contributed by atoms with van der Waals surface area (Å²) in [5.41, 5.74) is 2.26. The van der Waals surface area contributed by atoms with Gasteiger partial charge in [0.05, 0.1) is 0 Å². The molecule has 1 unspecified atom stereocenters. The molecule has 0 saturated carbocycles. The van der Waals surface area contributed by atoms with Gasteiger partial charge >= 0.3 is 6.03 Å². The van der Waals surface area contributed by atoms with E-state index in [-0.39, 0.29) is 18.3 Å². The summed E-state index contributed by atoms with van der Waals surface area (Å²) in [5.74, 6) is -0.625. The topological polar surface area (TPSA) is 70.2 Å². The zero-order chi connectivity index (χ0) is 19.8. The molecule has 0 saturated heterocycles. The van der Waals surface area contributed by atoms with E-state index < -0.39 is 12.1 Å². The Labute approximate surface area is 163 Å². The van der Waals surface area contributed by atoms with E-state index in [1.807, 2.05) is 13.8 Å². The Morgan fingerprint density at radius 3 is 2.48 bits per heavy atom. The number of rotatable bonds is 7. The van der Waals surface area contributed by atoms with E-state index in [0.717, 1.165) is 17.5 Å². The Hall–Kier alpha value is -2.60. The molecule has 3 amide bonds. The van der Waals surface area contributed by atoms with E-state index in [1.54, 1.807) is 30.3 Å². The van der Waals surface area contributed by atoms with Gasteiger partial charge in [-0.1, -0.05) is 37.1 Å². The fraction of sp³-hybridized carbons (Fsp3) is 0.300. The highest BCUT2D eigenvalue weighted by molar-refractivity contribution is 6.30. The van der Waals surface area contributed by atoms with Crippen molar-refractivity contribution in [3.63, 3.8) is 0 Å². The van der Waals surface area contributed by atoms with Crippen molar-refractivity contribution in [3.05, 3.63) is 64.4 Å². The molecule has 0 heterocycles. The summed E-state index contributed by atoms with van der Waals surface area (Å²) < 4.78 is 12.9. The van der Waals surface area contributed by atoms with Crippen molar-refractivity contribution in [2.45, 2.75) is 39.3 Å². The number of carbonyl (C=O) groups excluding carboxylic acids is 2. The maximum Gasteiger partial charge on any atom is 0.315 e. The SMILES string of the molecule is CCCC(NC(=O)NCc1ccc(F)cc1)C(=O)Nc1ccc(Cl)cc1C. The molecule has 1 atom stereocenters. The smallest absolute Gasteiger partial charge is 0.315 e. The average Bonchev–Trinajstić information content (AvgIpc) is 2.63. The zero-order valence-electron chi connectivity index (χ0n) is 15.3. The number of amides is 3. The van der Waals surface area contributed by atoms with Crippen LogP contribution in [0, 0.1) is 12.7 Å². The van der Waals surface area contributed by atoms with Crippen LogP contribution in [-0.2, 0) is 11.3 Å². The first-order chi connectivity index (χ1) is 12.9. The second-order valence-electron chi connectivity index (χ2n) is 6.24. The highest BCUT2D eigenvalue weighted by Crippen LogP contribution is 2.20. The van der Waals surface area contributed by atoms with Gasteiger partial charge in [0.2, 0.25) is 5.91 Å². The molecular weight excluding hydrogens is 369 g/mol. The second kappa shape index (κ2) is 9.92. The van der Waals surface area contributed by atoms with E-state index in [0.29, 0.717) is 17.1 Å². The molecule has 0 spiro atoms. The number of aryl methyl sites for hydroxylation is 1. The molecule has 27 heavy (non-hydrogen) atoms. The van der Waals surface area contributed by atoms with Gasteiger partial charge in [-0.05, 0) is 54.8 Å². The Kier molecular flexibility index (Phi) is 7.61. The minimum absolute atomic E-state index is 0.239. The maximum atomic E-state index is 12.9. The summed E-state index contributed by atoms with van der Waals surface area (Å²) in [7, 11) is 0. The average molecular weight is 392 g/mol. The first-order valence-electron chi connectivity index (χ1n) is 8.75. The molecule has 2 aromatic carbocycles. The zero-order valence-corrected chi connectivity index (χ0v) is 16.1. The Balaban J connectivity index is 1.93. The number of halogens is 2. The van der Waals surface area contributed by atoms with Crippen LogP contribution in [0.5, 0.6) is 0 Å². The van der Waals surface area contributed by atoms with E-state index >= 15 is 0 Å². The first-order valence-corrected chi connectivity index (χ1v) is 9.12. The van der Waals surface area contributed by atoms with Crippen LogP contribution in [0.3, 0.4) is 0 Å². The van der Waals surface area contributed by atoms with Crippen molar-refractivity contribution in [2.24, 2.45) is 0 Å². The van der Waals surface area contributed by atoms with Crippen molar-refractivity contribution in [1.29, 1.82) is 0 Å². The standard InChI is InChI=1S/C20H23ClFN3O2/c1-3-4-18(19(26)24-17-10-7-15(21)11-13(17)2)25-20(27)23-12-14-5-8-16(22)9-6-14/h5-11,18H,3-4,12H2,1-2H3,(H,24,26)(H2,23,25,27). The quantitative estimate of drug-likeness (QED) is 0.654. The summed E-state index contributed by atoms with van der Waals surface area (Å²) in [4.78, 5) is 24.7. The summed E-state index contributed by atoms with van der Waals surface area (Å²) in [6.07, 6.45) is 1.23. The third-order valence-electron chi connectivity index (χ3n) is 4.01. The minimum atomic E-state index is -0.668. The van der Waals surface area contributed by atoms with Gasteiger partial charge in [-0.25, -0.2) is 9.18 Å². The fourth-order valence-electron chi connectivity index (χ4n) is 2.54. The monoisotopic (exact) mass is 391 g/mol. The number of anilines is 1. The summed E-state index contributed by atoms with van der Waals surface area (Å²) in [5, 5.41) is 8.78. The molecule has 2 aromatic rings. The van der Waals surface area contributed by atoms with E-state index in [4.69, 9.17) is 11.6 Å². The van der Waals surface area contributed by atoms with Crippen molar-refractivity contribution >= 4 is 29.2 Å². The molecule has 0 radical (unpaired) electrons. The molecule has 0 aromatic heterocycles. The Morgan fingerprint density at radius 2 is 1.85 bits per heavy atom. The molecule has 7 heteroatoms. The first kappa shape index (κ1) is 20.7. The molecule has 0 aliphatic rings. The van der Waals surface area contributed by atoms with Crippen molar-refractivity contribution in [2.75, 3.05) is 5.32 Å². The molecule has 0 bridgehead atoms. The lowest BCUT2D eigenvalue weighted by atomic mass is 10.1. The van der Waals surface area contributed by atoms with Gasteiger partial charge < -0.3 is 16.0 Å². The van der Waals surface area contributed by atoms with Crippen molar-refractivity contribution in [3.8, 4) is 0 Å². The number of urea groups is 1. The molecule has 5 nitrogen and oxygen atoms in total. The molecule has 144 valence electrons. The third kappa shape index (κ3) is 6.57. The molecular formula is C20H23ClFN3O2. The minimum Gasteiger partial charge on any atom is -0.334 e. The predicted octanol–water partition coefficient (Wildman–Crippen LogP) is 4.39. The molecule has 0 fully saturated rings. The van der Waals surface area contributed by atoms with Crippen molar-refractivity contribution in [1.82, 2.24) is 10.6 Å². The number of hydrogen-bond donors (Lipinski definition) is 3. The van der Waals surface area contributed by atoms with Gasteiger partial charge in [0.1, 0.15) is 11.9 Å². The third-order valence-corrected chi connectivity index (χ3v) is 4.25. The van der Waals surface area contributed by atoms with Gasteiger partial charge in [0, 0.05) is 17.3 Å². The van der Waals surface area contributed by atoms with E-state index in [2.05, 4.69) is 16.0 Å². The Bertz CT molecular complexity index is 796. The maximum absolute atomic E-state index is 12.9. The summed E-state index contributed by atoms with van der Waals surface area (Å²) in [6, 6.07) is 9.90. The highest BCUT2D eigenvalue weighted by Gasteiger charge is 2.20. The van der Waals surface area contributed by atoms with Crippen LogP contribution < -0.4 is 16.0 Å². The number of hydrogen-bond acceptors (Lipinski definition) is 2. The van der Waals surface area contributed by atoms with Crippen LogP contribution in [0.2, 0.25) is 5.02 Å². The highest BCUT2D eigenvalue weighted by atomic mass is 35.5. The normalized spacial score (nSPS) is 11.6. The van der Waals surface area contributed by atoms with Crippen LogP contribution in [0.1, 0.15) is 30.9 Å². The van der Waals surface area contributed by atoms with E-state index in [9.17, 15) is 14.0 Å². The molecule has 2 rings (SSSR count). The lowest BCUT2D eigenvalue weighted by molar-refractivity contribution is -0.118. The fourth-order valence-corrected chi connectivity index (χ4v) is 2.77. The van der Waals surface area contributed by atoms with Crippen LogP contribution in [0.4, 0.5) is 14.9 Å². The largest absolute Gasteiger partial charge is 0.334 e. The lowest BCUT2D eigenvalue weighted by Crippen LogP contribution is -2.47. The second-order valence-corrected chi connectivity index (χ2v) is 6.68. The van der Waals surface area contributed by atoms with E-state index in [1.165, 1.54) is 12.1 Å². The predicted molar refractivity (Wildman–Crippen MR) is 105 cm³/mol. The van der Waals surface area contributed by atoms with Gasteiger partial charge in [-0.15, -0.1) is 0 Å². The van der Waals surface area contributed by atoms with Crippen LogP contribution in [0.15, 0.2) is 42.5 Å². The van der Waals surface area contributed by atoms with Gasteiger partial charge in [0.25, 0.3) is 0 Å². The van der Waals surface area contributed by atoms with Gasteiger partial charge in [0.15, 0.2) is 0 Å². The lowest BCUT2D eigenvalue weighted by Gasteiger charge is -2.19. The molecule has 3 N–H and O–H groups in total.